The van der Waals surface area contributed by atoms with Crippen molar-refractivity contribution in [2.75, 3.05) is 13.7 Å². The lowest BCUT2D eigenvalue weighted by atomic mass is 10.1. The van der Waals surface area contributed by atoms with E-state index in [1.165, 1.54) is 7.11 Å². The van der Waals surface area contributed by atoms with Crippen LogP contribution in [-0.2, 0) is 9.53 Å². The molecule has 1 heterocycles. The Morgan fingerprint density at radius 3 is 2.56 bits per heavy atom. The first kappa shape index (κ1) is 18.7. The summed E-state index contributed by atoms with van der Waals surface area (Å²) in [5.41, 5.74) is 4.26. The molecule has 6 nitrogen and oxygen atoms in total. The van der Waals surface area contributed by atoms with Crippen LogP contribution < -0.4 is 5.32 Å². The number of carbonyl (C=O) groups is 2. The number of nitrogens with one attached hydrogen (secondary N) is 1. The molecule has 1 aromatic heterocycles. The van der Waals surface area contributed by atoms with E-state index in [2.05, 4.69) is 5.32 Å². The first-order chi connectivity index (χ1) is 11.8. The molecule has 0 fully saturated rings. The third-order valence-corrected chi connectivity index (χ3v) is 4.15. The summed E-state index contributed by atoms with van der Waals surface area (Å²) in [4.78, 5) is 23.9. The lowest BCUT2D eigenvalue weighted by Crippen LogP contribution is -2.41. The second-order valence-corrected chi connectivity index (χ2v) is 6.10. The number of carboxylic acids is 1. The first-order valence-electron chi connectivity index (χ1n) is 8.13. The average Bonchev–Trinajstić information content (AvgIpc) is 2.85. The molecule has 134 valence electrons. The predicted molar refractivity (Wildman–Crippen MR) is 95.4 cm³/mol. The summed E-state index contributed by atoms with van der Waals surface area (Å²) in [6.45, 7) is 6.05. The molecule has 1 unspecified atom stereocenters. The van der Waals surface area contributed by atoms with Gasteiger partial charge in [-0.25, -0.2) is 4.79 Å². The molecular formula is C19H24N2O4. The molecule has 0 saturated carbocycles. The molecule has 2 rings (SSSR count). The maximum absolute atomic E-state index is 12.6. The van der Waals surface area contributed by atoms with Crippen molar-refractivity contribution >= 4 is 11.9 Å². The number of aryl methyl sites for hydroxylation is 2. The topological polar surface area (TPSA) is 80.6 Å². The summed E-state index contributed by atoms with van der Waals surface area (Å²) in [5.74, 6) is -1.46. The van der Waals surface area contributed by atoms with Crippen LogP contribution in [0, 0.1) is 20.8 Å². The maximum Gasteiger partial charge on any atom is 0.326 e. The Balaban J connectivity index is 2.29. The zero-order valence-corrected chi connectivity index (χ0v) is 15.0. The summed E-state index contributed by atoms with van der Waals surface area (Å²) < 4.78 is 6.90. The Morgan fingerprint density at radius 2 is 1.96 bits per heavy atom. The van der Waals surface area contributed by atoms with Gasteiger partial charge in [0.25, 0.3) is 5.91 Å². The molecular weight excluding hydrogens is 320 g/mol. The van der Waals surface area contributed by atoms with Crippen LogP contribution in [0.25, 0.3) is 5.69 Å². The van der Waals surface area contributed by atoms with Crippen LogP contribution >= 0.6 is 0 Å². The minimum atomic E-state index is -1.07. The van der Waals surface area contributed by atoms with Gasteiger partial charge in [-0.05, 0) is 44.5 Å². The maximum atomic E-state index is 12.6. The number of rotatable bonds is 7. The van der Waals surface area contributed by atoms with E-state index in [1.807, 2.05) is 49.6 Å². The van der Waals surface area contributed by atoms with Gasteiger partial charge in [0.15, 0.2) is 0 Å². The van der Waals surface area contributed by atoms with Crippen molar-refractivity contribution in [3.8, 4) is 5.69 Å². The van der Waals surface area contributed by atoms with Crippen molar-refractivity contribution in [3.63, 3.8) is 0 Å². The number of aliphatic carboxylic acids is 1. The van der Waals surface area contributed by atoms with Crippen molar-refractivity contribution in [2.24, 2.45) is 0 Å². The normalized spacial score (nSPS) is 12.0. The van der Waals surface area contributed by atoms with Gasteiger partial charge in [0, 0.05) is 37.2 Å². The first-order valence-corrected chi connectivity index (χ1v) is 8.13. The van der Waals surface area contributed by atoms with E-state index in [0.29, 0.717) is 5.56 Å². The molecule has 2 aromatic rings. The van der Waals surface area contributed by atoms with Gasteiger partial charge >= 0.3 is 5.97 Å². The van der Waals surface area contributed by atoms with Crippen molar-refractivity contribution in [1.29, 1.82) is 0 Å². The smallest absolute Gasteiger partial charge is 0.326 e. The number of nitrogens with zero attached hydrogens (tertiary/aromatic N) is 1. The molecule has 6 heteroatoms. The minimum absolute atomic E-state index is 0.216. The molecule has 0 aliphatic heterocycles. The Morgan fingerprint density at radius 1 is 1.24 bits per heavy atom. The molecule has 25 heavy (non-hydrogen) atoms. The van der Waals surface area contributed by atoms with Gasteiger partial charge in [0.2, 0.25) is 0 Å². The second kappa shape index (κ2) is 7.98. The zero-order chi connectivity index (χ0) is 18.6. The van der Waals surface area contributed by atoms with Crippen molar-refractivity contribution < 1.29 is 19.4 Å². The van der Waals surface area contributed by atoms with Crippen molar-refractivity contribution in [2.45, 2.75) is 33.2 Å². The van der Waals surface area contributed by atoms with Crippen LogP contribution in [0.1, 0.15) is 33.7 Å². The fourth-order valence-electron chi connectivity index (χ4n) is 2.89. The van der Waals surface area contributed by atoms with Gasteiger partial charge in [-0.2, -0.15) is 0 Å². The van der Waals surface area contributed by atoms with E-state index in [0.717, 1.165) is 22.6 Å². The van der Waals surface area contributed by atoms with Crippen molar-refractivity contribution in [3.05, 3.63) is 52.8 Å². The van der Waals surface area contributed by atoms with E-state index in [-0.39, 0.29) is 13.0 Å². The van der Waals surface area contributed by atoms with Gasteiger partial charge in [-0.1, -0.05) is 12.1 Å². The summed E-state index contributed by atoms with van der Waals surface area (Å²) in [6, 6.07) is 8.80. The van der Waals surface area contributed by atoms with Crippen LogP contribution in [0.4, 0.5) is 0 Å². The van der Waals surface area contributed by atoms with Gasteiger partial charge < -0.3 is 19.7 Å². The standard InChI is InChI=1S/C19H24N2O4/c1-12-6-5-7-15(10-12)21-13(2)11-16(14(21)3)18(22)20-17(19(23)24)8-9-25-4/h5-7,10-11,17H,8-9H2,1-4H3,(H,20,22)(H,23,24). The third-order valence-electron chi connectivity index (χ3n) is 4.15. The Labute approximate surface area is 147 Å². The molecule has 0 bridgehead atoms. The number of carbonyl (C=O) groups excluding carboxylic acids is 1. The number of amides is 1. The largest absolute Gasteiger partial charge is 0.480 e. The number of aromatic nitrogens is 1. The molecule has 0 aliphatic carbocycles. The van der Waals surface area contributed by atoms with Crippen molar-refractivity contribution in [1.82, 2.24) is 9.88 Å². The Kier molecular flexibility index (Phi) is 5.98. The fourth-order valence-corrected chi connectivity index (χ4v) is 2.89. The number of benzene rings is 1. The highest BCUT2D eigenvalue weighted by Gasteiger charge is 2.23. The van der Waals surface area contributed by atoms with E-state index < -0.39 is 17.9 Å². The Bertz CT molecular complexity index is 780. The molecule has 0 radical (unpaired) electrons. The zero-order valence-electron chi connectivity index (χ0n) is 15.0. The number of methoxy groups -OCH3 is 1. The summed E-state index contributed by atoms with van der Waals surface area (Å²) in [7, 11) is 1.50. The minimum Gasteiger partial charge on any atom is -0.480 e. The molecule has 2 N–H and O–H groups in total. The van der Waals surface area contributed by atoms with Crippen LogP contribution in [0.3, 0.4) is 0 Å². The average molecular weight is 344 g/mol. The molecule has 0 saturated heterocycles. The highest BCUT2D eigenvalue weighted by Crippen LogP contribution is 2.21. The van der Waals surface area contributed by atoms with Gasteiger partial charge in [0.05, 0.1) is 5.56 Å². The SMILES string of the molecule is COCCC(NC(=O)c1cc(C)n(-c2cccc(C)c2)c1C)C(=O)O. The third kappa shape index (κ3) is 4.28. The molecule has 1 amide bonds. The summed E-state index contributed by atoms with van der Waals surface area (Å²) >= 11 is 0. The lowest BCUT2D eigenvalue weighted by molar-refractivity contribution is -0.139. The lowest BCUT2D eigenvalue weighted by Gasteiger charge is -2.14. The van der Waals surface area contributed by atoms with E-state index in [1.54, 1.807) is 6.07 Å². The highest BCUT2D eigenvalue weighted by molar-refractivity contribution is 5.98. The fraction of sp³-hybridized carbons (Fsp3) is 0.368. The van der Waals surface area contributed by atoms with Crippen LogP contribution in [0.2, 0.25) is 0 Å². The van der Waals surface area contributed by atoms with E-state index in [9.17, 15) is 14.7 Å². The molecule has 0 aliphatic rings. The highest BCUT2D eigenvalue weighted by atomic mass is 16.5. The summed E-state index contributed by atoms with van der Waals surface area (Å²) in [6.07, 6.45) is 0.216. The molecule has 1 aromatic carbocycles. The number of hydrogen-bond donors (Lipinski definition) is 2. The number of hydrogen-bond acceptors (Lipinski definition) is 3. The van der Waals surface area contributed by atoms with Gasteiger partial charge in [0.1, 0.15) is 6.04 Å². The quantitative estimate of drug-likeness (QED) is 0.809. The van der Waals surface area contributed by atoms with Gasteiger partial charge in [-0.3, -0.25) is 4.79 Å². The summed E-state index contributed by atoms with van der Waals surface area (Å²) in [5, 5.41) is 11.8. The predicted octanol–water partition coefficient (Wildman–Crippen LogP) is 2.62. The molecule has 0 spiro atoms. The number of ether oxygens (including phenoxy) is 1. The van der Waals surface area contributed by atoms with E-state index in [4.69, 9.17) is 4.74 Å². The van der Waals surface area contributed by atoms with E-state index >= 15 is 0 Å². The van der Waals surface area contributed by atoms with Gasteiger partial charge in [-0.15, -0.1) is 0 Å². The van der Waals surface area contributed by atoms with Crippen LogP contribution in [0.15, 0.2) is 30.3 Å². The van der Waals surface area contributed by atoms with Crippen LogP contribution in [-0.4, -0.2) is 41.3 Å². The second-order valence-electron chi connectivity index (χ2n) is 6.10. The Hall–Kier alpha value is -2.60. The van der Waals surface area contributed by atoms with Crippen LogP contribution in [0.5, 0.6) is 0 Å². The monoisotopic (exact) mass is 344 g/mol. The molecule has 1 atom stereocenters. The number of carboxylic acid groups (broad SMARTS) is 1.